The summed E-state index contributed by atoms with van der Waals surface area (Å²) in [5.74, 6) is -0.779. The van der Waals surface area contributed by atoms with Gasteiger partial charge in [-0.05, 0) is 6.92 Å². The SMILES string of the molecule is CC1NC=CC(=O)C1=O. The molecule has 1 atom stereocenters. The van der Waals surface area contributed by atoms with Crippen LogP contribution in [0.4, 0.5) is 0 Å². The van der Waals surface area contributed by atoms with Crippen molar-refractivity contribution in [2.45, 2.75) is 13.0 Å². The van der Waals surface area contributed by atoms with Crippen LogP contribution in [0.3, 0.4) is 0 Å². The monoisotopic (exact) mass is 125 g/mol. The van der Waals surface area contributed by atoms with E-state index >= 15 is 0 Å². The molecule has 0 fully saturated rings. The molecule has 9 heavy (non-hydrogen) atoms. The van der Waals surface area contributed by atoms with Crippen molar-refractivity contribution in [3.8, 4) is 0 Å². The fourth-order valence-corrected chi connectivity index (χ4v) is 0.639. The van der Waals surface area contributed by atoms with Gasteiger partial charge >= 0.3 is 0 Å². The van der Waals surface area contributed by atoms with Crippen LogP contribution in [0.1, 0.15) is 6.92 Å². The Labute approximate surface area is 52.7 Å². The Balaban J connectivity index is 2.81. The van der Waals surface area contributed by atoms with E-state index in [1.54, 1.807) is 6.92 Å². The van der Waals surface area contributed by atoms with E-state index in [1.807, 2.05) is 0 Å². The predicted octanol–water partition coefficient (Wildman–Crippen LogP) is -0.370. The molecule has 3 heteroatoms. The topological polar surface area (TPSA) is 46.2 Å². The predicted molar refractivity (Wildman–Crippen MR) is 31.8 cm³/mol. The van der Waals surface area contributed by atoms with Gasteiger partial charge in [0, 0.05) is 12.3 Å². The number of allylic oxidation sites excluding steroid dienone is 1. The molecular formula is C6H7NO2. The number of nitrogens with one attached hydrogen (secondary N) is 1. The number of carbonyl (C=O) groups is 2. The van der Waals surface area contributed by atoms with Crippen LogP contribution in [0.15, 0.2) is 12.3 Å². The van der Waals surface area contributed by atoms with Crippen LogP contribution in [0, 0.1) is 0 Å². The first-order valence-electron chi connectivity index (χ1n) is 2.72. The summed E-state index contributed by atoms with van der Waals surface area (Å²) in [4.78, 5) is 21.2. The fraction of sp³-hybridized carbons (Fsp3) is 0.333. The van der Waals surface area contributed by atoms with Crippen LogP contribution in [0.25, 0.3) is 0 Å². The highest BCUT2D eigenvalue weighted by molar-refractivity contribution is 6.43. The van der Waals surface area contributed by atoms with E-state index in [1.165, 1.54) is 12.3 Å². The standard InChI is InChI=1S/C6H7NO2/c1-4-6(9)5(8)2-3-7-4/h2-4,7H,1H3. The zero-order valence-corrected chi connectivity index (χ0v) is 5.05. The third kappa shape index (κ3) is 0.988. The van der Waals surface area contributed by atoms with Crippen molar-refractivity contribution >= 4 is 11.6 Å². The summed E-state index contributed by atoms with van der Waals surface area (Å²) in [7, 11) is 0. The highest BCUT2D eigenvalue weighted by atomic mass is 16.2. The van der Waals surface area contributed by atoms with Gasteiger partial charge in [-0.3, -0.25) is 9.59 Å². The van der Waals surface area contributed by atoms with E-state index in [2.05, 4.69) is 5.32 Å². The van der Waals surface area contributed by atoms with Crippen molar-refractivity contribution in [2.75, 3.05) is 0 Å². The first kappa shape index (κ1) is 6.01. The van der Waals surface area contributed by atoms with E-state index in [4.69, 9.17) is 0 Å². The second-order valence-corrected chi connectivity index (χ2v) is 1.95. The summed E-state index contributed by atoms with van der Waals surface area (Å²) in [5, 5.41) is 2.71. The number of hydrogen-bond acceptors (Lipinski definition) is 3. The largest absolute Gasteiger partial charge is 0.381 e. The normalized spacial score (nSPS) is 26.1. The molecule has 1 aliphatic heterocycles. The maximum Gasteiger partial charge on any atom is 0.225 e. The summed E-state index contributed by atoms with van der Waals surface area (Å²) < 4.78 is 0. The summed E-state index contributed by atoms with van der Waals surface area (Å²) in [6, 6.07) is -0.345. The molecule has 0 saturated carbocycles. The minimum atomic E-state index is -0.416. The maximum atomic E-state index is 10.7. The summed E-state index contributed by atoms with van der Waals surface area (Å²) in [6.07, 6.45) is 2.73. The van der Waals surface area contributed by atoms with Gasteiger partial charge in [-0.2, -0.15) is 0 Å². The van der Waals surface area contributed by atoms with Crippen molar-refractivity contribution < 1.29 is 9.59 Å². The zero-order chi connectivity index (χ0) is 6.85. The maximum absolute atomic E-state index is 10.7. The Morgan fingerprint density at radius 3 is 2.67 bits per heavy atom. The lowest BCUT2D eigenvalue weighted by atomic mass is 10.1. The molecule has 0 aromatic rings. The van der Waals surface area contributed by atoms with Crippen molar-refractivity contribution in [1.82, 2.24) is 5.32 Å². The lowest BCUT2D eigenvalue weighted by molar-refractivity contribution is -0.135. The molecule has 0 bridgehead atoms. The highest BCUT2D eigenvalue weighted by Gasteiger charge is 2.20. The molecule has 0 radical (unpaired) electrons. The minimum Gasteiger partial charge on any atom is -0.381 e. The number of hydrogen-bond donors (Lipinski definition) is 1. The van der Waals surface area contributed by atoms with Crippen LogP contribution < -0.4 is 5.32 Å². The van der Waals surface area contributed by atoms with Crippen LogP contribution >= 0.6 is 0 Å². The van der Waals surface area contributed by atoms with Crippen LogP contribution in [0.5, 0.6) is 0 Å². The lowest BCUT2D eigenvalue weighted by Crippen LogP contribution is -2.38. The molecule has 1 N–H and O–H groups in total. The second-order valence-electron chi connectivity index (χ2n) is 1.95. The molecule has 0 amide bonds. The van der Waals surface area contributed by atoms with Gasteiger partial charge in [0.1, 0.15) is 0 Å². The Kier molecular flexibility index (Phi) is 1.34. The minimum absolute atomic E-state index is 0.345. The van der Waals surface area contributed by atoms with Gasteiger partial charge in [0.05, 0.1) is 6.04 Å². The number of rotatable bonds is 0. The van der Waals surface area contributed by atoms with Crippen molar-refractivity contribution in [3.63, 3.8) is 0 Å². The summed E-state index contributed by atoms with van der Waals surface area (Å²) in [5.41, 5.74) is 0. The van der Waals surface area contributed by atoms with E-state index in [9.17, 15) is 9.59 Å². The number of carbonyl (C=O) groups excluding carboxylic acids is 2. The molecule has 1 rings (SSSR count). The smallest absolute Gasteiger partial charge is 0.225 e. The van der Waals surface area contributed by atoms with Gasteiger partial charge < -0.3 is 5.32 Å². The molecule has 0 aromatic heterocycles. The van der Waals surface area contributed by atoms with E-state index in [0.717, 1.165) is 0 Å². The van der Waals surface area contributed by atoms with Gasteiger partial charge in [-0.1, -0.05) is 0 Å². The van der Waals surface area contributed by atoms with Crippen molar-refractivity contribution in [3.05, 3.63) is 12.3 Å². The number of ketones is 2. The molecule has 3 nitrogen and oxygen atoms in total. The first-order chi connectivity index (χ1) is 4.22. The molecule has 1 aliphatic rings. The average Bonchev–Trinajstić information content (AvgIpc) is 1.83. The lowest BCUT2D eigenvalue weighted by Gasteiger charge is -2.11. The fourth-order valence-electron chi connectivity index (χ4n) is 0.639. The van der Waals surface area contributed by atoms with Crippen molar-refractivity contribution in [2.24, 2.45) is 0 Å². The van der Waals surface area contributed by atoms with Crippen LogP contribution in [0.2, 0.25) is 0 Å². The third-order valence-corrected chi connectivity index (χ3v) is 1.22. The highest BCUT2D eigenvalue weighted by Crippen LogP contribution is 1.93. The number of Topliss-reactive ketones (excluding diaryl/α,β-unsaturated/α-hetero) is 1. The third-order valence-electron chi connectivity index (χ3n) is 1.22. The quantitative estimate of drug-likeness (QED) is 0.449. The zero-order valence-electron chi connectivity index (χ0n) is 5.05. The Morgan fingerprint density at radius 1 is 1.56 bits per heavy atom. The van der Waals surface area contributed by atoms with E-state index < -0.39 is 5.78 Å². The molecule has 0 spiro atoms. The van der Waals surface area contributed by atoms with Gasteiger partial charge in [-0.25, -0.2) is 0 Å². The van der Waals surface area contributed by atoms with E-state index in [-0.39, 0.29) is 11.8 Å². The molecule has 1 heterocycles. The molecular weight excluding hydrogens is 118 g/mol. The Morgan fingerprint density at radius 2 is 2.22 bits per heavy atom. The summed E-state index contributed by atoms with van der Waals surface area (Å²) in [6.45, 7) is 1.66. The van der Waals surface area contributed by atoms with Crippen LogP contribution in [-0.4, -0.2) is 17.6 Å². The molecule has 48 valence electrons. The average molecular weight is 125 g/mol. The molecule has 1 unspecified atom stereocenters. The van der Waals surface area contributed by atoms with Gasteiger partial charge in [0.2, 0.25) is 11.6 Å². The first-order valence-corrected chi connectivity index (χ1v) is 2.72. The Hall–Kier alpha value is -1.12. The second kappa shape index (κ2) is 2.01. The molecule has 0 saturated heterocycles. The summed E-state index contributed by atoms with van der Waals surface area (Å²) >= 11 is 0. The molecule has 0 aromatic carbocycles. The van der Waals surface area contributed by atoms with Crippen LogP contribution in [-0.2, 0) is 9.59 Å². The van der Waals surface area contributed by atoms with Crippen molar-refractivity contribution in [1.29, 1.82) is 0 Å². The van der Waals surface area contributed by atoms with Gasteiger partial charge in [0.25, 0.3) is 0 Å². The van der Waals surface area contributed by atoms with Gasteiger partial charge in [0.15, 0.2) is 0 Å². The van der Waals surface area contributed by atoms with Gasteiger partial charge in [-0.15, -0.1) is 0 Å². The van der Waals surface area contributed by atoms with E-state index in [0.29, 0.717) is 0 Å². The Bertz CT molecular complexity index is 183. The molecule has 0 aliphatic carbocycles.